The van der Waals surface area contributed by atoms with E-state index >= 15 is 0 Å². The molecule has 1 aliphatic rings. The normalized spacial score (nSPS) is 18.9. The molecular weight excluding hydrogens is 429 g/mol. The number of carbonyl (C=O) groups excluding carboxylic acids is 2. The van der Waals surface area contributed by atoms with Crippen LogP contribution in [0.15, 0.2) is 58.0 Å². The second kappa shape index (κ2) is 9.07. The summed E-state index contributed by atoms with van der Waals surface area (Å²) in [5, 5.41) is 12.1. The van der Waals surface area contributed by atoms with E-state index in [0.717, 1.165) is 5.69 Å². The zero-order chi connectivity index (χ0) is 20.1. The van der Waals surface area contributed by atoms with Gasteiger partial charge >= 0.3 is 0 Å². The number of Topliss-reactive ketones (excluding diaryl/α,β-unsaturated/α-hetero) is 1. The van der Waals surface area contributed by atoms with Crippen molar-refractivity contribution in [2.45, 2.75) is 19.3 Å². The summed E-state index contributed by atoms with van der Waals surface area (Å²) < 4.78 is 13.5. The van der Waals surface area contributed by atoms with Gasteiger partial charge in [-0.05, 0) is 65.0 Å². The van der Waals surface area contributed by atoms with Crippen molar-refractivity contribution in [3.8, 4) is 0 Å². The number of halogens is 2. The number of aliphatic imine (C=N–C) groups is 1. The number of benzene rings is 2. The molecule has 0 unspecified atom stereocenters. The molecule has 8 heteroatoms. The van der Waals surface area contributed by atoms with E-state index in [0.29, 0.717) is 24.9 Å². The summed E-state index contributed by atoms with van der Waals surface area (Å²) in [6.07, 6.45) is 1.44. The molecule has 2 aromatic rings. The van der Waals surface area contributed by atoms with Crippen molar-refractivity contribution in [3.63, 3.8) is 0 Å². The zero-order valence-electron chi connectivity index (χ0n) is 14.9. The van der Waals surface area contributed by atoms with Gasteiger partial charge in [0.05, 0.1) is 10.2 Å². The summed E-state index contributed by atoms with van der Waals surface area (Å²) in [6.45, 7) is 0. The first-order chi connectivity index (χ1) is 13.5. The van der Waals surface area contributed by atoms with Crippen molar-refractivity contribution in [1.82, 2.24) is 5.48 Å². The Hall–Kier alpha value is -2.58. The summed E-state index contributed by atoms with van der Waals surface area (Å²) >= 11 is 3.05. The fraction of sp³-hybridized carbons (Fsp3) is 0.250. The average Bonchev–Trinajstić information content (AvgIpc) is 2.65. The Morgan fingerprint density at radius 1 is 1.18 bits per heavy atom. The second-order valence-corrected chi connectivity index (χ2v) is 7.54. The number of carbonyl (C=O) groups is 2. The van der Waals surface area contributed by atoms with Crippen molar-refractivity contribution in [2.75, 3.05) is 5.32 Å². The highest BCUT2D eigenvalue weighted by atomic mass is 79.9. The molecule has 0 heterocycles. The Labute approximate surface area is 170 Å². The number of para-hydroxylation sites is 1. The number of hydroxylamine groups is 1. The fourth-order valence-electron chi connectivity index (χ4n) is 3.12. The van der Waals surface area contributed by atoms with Crippen LogP contribution in [0.1, 0.15) is 19.3 Å². The number of hydrogen-bond acceptors (Lipinski definition) is 4. The monoisotopic (exact) mass is 447 g/mol. The van der Waals surface area contributed by atoms with E-state index in [9.17, 15) is 19.2 Å². The lowest BCUT2D eigenvalue weighted by atomic mass is 9.71. The maximum Gasteiger partial charge on any atom is 0.224 e. The van der Waals surface area contributed by atoms with Gasteiger partial charge in [0, 0.05) is 18.0 Å². The predicted octanol–water partition coefficient (Wildman–Crippen LogP) is 4.22. The molecule has 0 atom stereocenters. The topological polar surface area (TPSA) is 90.8 Å². The van der Waals surface area contributed by atoms with Gasteiger partial charge in [0.1, 0.15) is 5.82 Å². The molecule has 146 valence electrons. The fourth-order valence-corrected chi connectivity index (χ4v) is 3.49. The predicted molar refractivity (Wildman–Crippen MR) is 107 cm³/mol. The first-order valence-corrected chi connectivity index (χ1v) is 9.58. The van der Waals surface area contributed by atoms with Crippen LogP contribution in [-0.2, 0) is 9.59 Å². The molecule has 1 amide bonds. The standard InChI is InChI=1S/C20H19BrFN3O3/c21-16-11-15(6-7-17(16)22)24-20(25-28)19(27)13-8-12(9-13)10-18(26)23-14-4-2-1-3-5-14/h1-7,11-13,28H,8-10H2,(H,23,26)(H,24,25). The van der Waals surface area contributed by atoms with Crippen molar-refractivity contribution in [2.24, 2.45) is 16.8 Å². The molecule has 0 saturated heterocycles. The minimum absolute atomic E-state index is 0.0903. The molecule has 0 radical (unpaired) electrons. The van der Waals surface area contributed by atoms with Gasteiger partial charge in [-0.1, -0.05) is 18.2 Å². The average molecular weight is 448 g/mol. The number of amides is 1. The first kappa shape index (κ1) is 20.2. The van der Waals surface area contributed by atoms with Crippen molar-refractivity contribution in [3.05, 3.63) is 58.8 Å². The minimum atomic E-state index is -0.445. The quantitative estimate of drug-likeness (QED) is 0.351. The van der Waals surface area contributed by atoms with Crippen LogP contribution in [-0.4, -0.2) is 22.7 Å². The summed E-state index contributed by atoms with van der Waals surface area (Å²) in [5.74, 6) is -1.26. The van der Waals surface area contributed by atoms with Crippen molar-refractivity contribution in [1.29, 1.82) is 0 Å². The highest BCUT2D eigenvalue weighted by molar-refractivity contribution is 9.10. The lowest BCUT2D eigenvalue weighted by molar-refractivity contribution is -0.124. The lowest BCUT2D eigenvalue weighted by Gasteiger charge is -2.33. The zero-order valence-corrected chi connectivity index (χ0v) is 16.4. The minimum Gasteiger partial charge on any atom is -0.326 e. The number of ketones is 1. The molecule has 28 heavy (non-hydrogen) atoms. The first-order valence-electron chi connectivity index (χ1n) is 8.79. The third-order valence-corrected chi connectivity index (χ3v) is 5.23. The van der Waals surface area contributed by atoms with Crippen molar-refractivity contribution >= 4 is 44.8 Å². The summed E-state index contributed by atoms with van der Waals surface area (Å²) in [7, 11) is 0. The Morgan fingerprint density at radius 3 is 2.54 bits per heavy atom. The molecule has 3 rings (SSSR count). The number of nitrogens with zero attached hydrogens (tertiary/aromatic N) is 1. The third kappa shape index (κ3) is 5.02. The van der Waals surface area contributed by atoms with E-state index in [1.54, 1.807) is 0 Å². The molecular formula is C20H19BrFN3O3. The van der Waals surface area contributed by atoms with E-state index in [-0.39, 0.29) is 33.8 Å². The maximum atomic E-state index is 13.3. The second-order valence-electron chi connectivity index (χ2n) is 6.69. The van der Waals surface area contributed by atoms with Crippen LogP contribution in [0.2, 0.25) is 0 Å². The highest BCUT2D eigenvalue weighted by Crippen LogP contribution is 2.37. The van der Waals surface area contributed by atoms with E-state index in [4.69, 9.17) is 0 Å². The summed E-state index contributed by atoms with van der Waals surface area (Å²) in [4.78, 5) is 28.6. The van der Waals surface area contributed by atoms with E-state index < -0.39 is 5.82 Å². The molecule has 3 N–H and O–H groups in total. The molecule has 0 aliphatic heterocycles. The van der Waals surface area contributed by atoms with Crippen LogP contribution < -0.4 is 10.8 Å². The van der Waals surface area contributed by atoms with Gasteiger partial charge in [-0.25, -0.2) is 14.9 Å². The van der Waals surface area contributed by atoms with Gasteiger partial charge in [0.2, 0.25) is 11.7 Å². The van der Waals surface area contributed by atoms with Crippen LogP contribution in [0, 0.1) is 17.7 Å². The summed E-state index contributed by atoms with van der Waals surface area (Å²) in [6, 6.07) is 13.2. The molecule has 1 aliphatic carbocycles. The summed E-state index contributed by atoms with van der Waals surface area (Å²) in [5.41, 5.74) is 2.90. The largest absolute Gasteiger partial charge is 0.326 e. The van der Waals surface area contributed by atoms with Gasteiger partial charge in [0.15, 0.2) is 5.84 Å². The van der Waals surface area contributed by atoms with Gasteiger partial charge in [0.25, 0.3) is 0 Å². The molecule has 6 nitrogen and oxygen atoms in total. The van der Waals surface area contributed by atoms with E-state index in [1.165, 1.54) is 18.2 Å². The SMILES string of the molecule is O=C(CC1CC(C(=O)C(=Nc2ccc(F)c(Br)c2)NO)C1)Nc1ccccc1. The Balaban J connectivity index is 1.53. The number of rotatable bonds is 6. The molecule has 0 aromatic heterocycles. The van der Waals surface area contributed by atoms with Gasteiger partial charge in [-0.2, -0.15) is 0 Å². The smallest absolute Gasteiger partial charge is 0.224 e. The van der Waals surface area contributed by atoms with Crippen LogP contribution >= 0.6 is 15.9 Å². The van der Waals surface area contributed by atoms with Gasteiger partial charge in [-0.15, -0.1) is 0 Å². The van der Waals surface area contributed by atoms with Gasteiger partial charge in [-0.3, -0.25) is 14.8 Å². The Kier molecular flexibility index (Phi) is 6.53. The number of hydrogen-bond donors (Lipinski definition) is 3. The Morgan fingerprint density at radius 2 is 1.89 bits per heavy atom. The molecule has 1 saturated carbocycles. The molecule has 1 fully saturated rings. The molecule has 0 bridgehead atoms. The van der Waals surface area contributed by atoms with Gasteiger partial charge < -0.3 is 5.32 Å². The molecule has 2 aromatic carbocycles. The molecule has 0 spiro atoms. The van der Waals surface area contributed by atoms with Crippen LogP contribution in [0.25, 0.3) is 0 Å². The van der Waals surface area contributed by atoms with Crippen LogP contribution in [0.5, 0.6) is 0 Å². The van der Waals surface area contributed by atoms with Crippen LogP contribution in [0.3, 0.4) is 0 Å². The third-order valence-electron chi connectivity index (χ3n) is 4.62. The number of nitrogens with one attached hydrogen (secondary N) is 2. The maximum absolute atomic E-state index is 13.3. The lowest BCUT2D eigenvalue weighted by Crippen LogP contribution is -2.40. The highest BCUT2D eigenvalue weighted by Gasteiger charge is 2.37. The van der Waals surface area contributed by atoms with E-state index in [1.807, 2.05) is 35.8 Å². The number of anilines is 1. The van der Waals surface area contributed by atoms with Crippen LogP contribution in [0.4, 0.5) is 15.8 Å². The Bertz CT molecular complexity index is 899. The van der Waals surface area contributed by atoms with Crippen molar-refractivity contribution < 1.29 is 19.2 Å². The van der Waals surface area contributed by atoms with E-state index in [2.05, 4.69) is 26.2 Å². The number of amidine groups is 1.